The van der Waals surface area contributed by atoms with Crippen LogP contribution in [0.25, 0.3) is 5.76 Å². The summed E-state index contributed by atoms with van der Waals surface area (Å²) in [6, 6.07) is 0.324. The van der Waals surface area contributed by atoms with Crippen molar-refractivity contribution in [3.8, 4) is 5.75 Å². The van der Waals surface area contributed by atoms with Crippen molar-refractivity contribution in [2.75, 3.05) is 20.6 Å². The average Bonchev–Trinajstić information content (AvgIpc) is 2.85. The minimum absolute atomic E-state index is 0.0264. The number of nitrogens with two attached hydrogens (primary N) is 1. The van der Waals surface area contributed by atoms with Gasteiger partial charge in [0, 0.05) is 23.6 Å². The number of hydrogen-bond donors (Lipinski definition) is 7. The molecule has 0 unspecified atom stereocenters. The minimum atomic E-state index is -2.69. The number of ketones is 2. The van der Waals surface area contributed by atoms with Gasteiger partial charge in [-0.25, -0.2) is 4.79 Å². The Labute approximate surface area is 250 Å². The van der Waals surface area contributed by atoms with Crippen LogP contribution in [0.2, 0.25) is 0 Å². The second-order valence-corrected chi connectivity index (χ2v) is 13.3. The van der Waals surface area contributed by atoms with Gasteiger partial charge >= 0.3 is 6.03 Å². The van der Waals surface area contributed by atoms with E-state index in [9.17, 15) is 39.6 Å². The number of nitrogens with one attached hydrogen (secondary N) is 2. The summed E-state index contributed by atoms with van der Waals surface area (Å²) in [4.78, 5) is 53.2. The van der Waals surface area contributed by atoms with E-state index in [0.717, 1.165) is 5.56 Å². The Hall–Kier alpha value is -3.90. The van der Waals surface area contributed by atoms with Crippen molar-refractivity contribution in [2.45, 2.75) is 77.0 Å². The number of aliphatic hydroxyl groups excluding tert-OH is 2. The van der Waals surface area contributed by atoms with Gasteiger partial charge < -0.3 is 36.8 Å². The number of urea groups is 1. The van der Waals surface area contributed by atoms with Crippen molar-refractivity contribution in [2.24, 2.45) is 17.6 Å². The molecule has 3 aliphatic carbocycles. The molecule has 3 amide bonds. The van der Waals surface area contributed by atoms with Crippen molar-refractivity contribution in [1.82, 2.24) is 15.5 Å². The van der Waals surface area contributed by atoms with Crippen LogP contribution in [0, 0.1) is 11.8 Å². The van der Waals surface area contributed by atoms with Gasteiger partial charge in [0.2, 0.25) is 5.78 Å². The molecule has 1 saturated carbocycles. The van der Waals surface area contributed by atoms with Crippen LogP contribution < -0.4 is 16.4 Å². The third-order valence-electron chi connectivity index (χ3n) is 8.62. The summed E-state index contributed by atoms with van der Waals surface area (Å²) >= 11 is 0. The van der Waals surface area contributed by atoms with Gasteiger partial charge in [0.15, 0.2) is 11.4 Å². The van der Waals surface area contributed by atoms with E-state index < -0.39 is 63.6 Å². The second-order valence-electron chi connectivity index (χ2n) is 13.3. The molecule has 0 saturated heterocycles. The lowest BCUT2D eigenvalue weighted by Crippen LogP contribution is -2.65. The largest absolute Gasteiger partial charge is 0.508 e. The van der Waals surface area contributed by atoms with Crippen LogP contribution in [0.1, 0.15) is 69.2 Å². The first-order valence-corrected chi connectivity index (χ1v) is 14.4. The molecular weight excluding hydrogens is 556 g/mol. The quantitative estimate of drug-likeness (QED) is 0.238. The number of aliphatic hydroxyl groups is 3. The maximum absolute atomic E-state index is 14.1. The molecule has 4 rings (SSSR count). The SMILES string of the molecule is CC(C)c1cc(CCNC(=O)NC(C)(C)C)c(O)c2c1C[C@H]1C[C@H]3[C@H](N(C)C)C(=O)C(C(N)=O)=C(O)[C@@]3(O)C(=O)C1=C2O. The normalized spacial score (nSPS) is 25.5. The molecule has 1 aromatic rings. The van der Waals surface area contributed by atoms with Gasteiger partial charge in [-0.1, -0.05) is 19.9 Å². The standard InChI is InChI=1S/C31H42N4O8/c1-13(2)16-10-14(8-9-33-29(42)34-30(3,4)5)23(36)20-17(16)11-15-12-18-22(35(6)7)25(38)21(28(32)41)27(40)31(18,43)26(39)19(15)24(20)37/h10,13,15,18,22,36-37,40,43H,8-9,11-12H2,1-7H3,(H2,32,41)(H2,33,34,42)/t15-,18-,22-,31-/m0/s1. The van der Waals surface area contributed by atoms with Gasteiger partial charge in [-0.2, -0.15) is 0 Å². The summed E-state index contributed by atoms with van der Waals surface area (Å²) in [6.07, 6.45) is 0.473. The molecule has 12 heteroatoms. The molecule has 12 nitrogen and oxygen atoms in total. The summed E-state index contributed by atoms with van der Waals surface area (Å²) < 4.78 is 0. The maximum atomic E-state index is 14.1. The highest BCUT2D eigenvalue weighted by atomic mass is 16.3. The Morgan fingerprint density at radius 2 is 1.79 bits per heavy atom. The van der Waals surface area contributed by atoms with E-state index in [-0.39, 0.29) is 54.6 Å². The van der Waals surface area contributed by atoms with Gasteiger partial charge in [-0.15, -0.1) is 0 Å². The van der Waals surface area contributed by atoms with E-state index in [1.165, 1.54) is 4.90 Å². The number of aromatic hydroxyl groups is 1. The average molecular weight is 599 g/mol. The van der Waals surface area contributed by atoms with E-state index in [2.05, 4.69) is 10.6 Å². The third kappa shape index (κ3) is 5.27. The molecule has 43 heavy (non-hydrogen) atoms. The van der Waals surface area contributed by atoms with E-state index in [4.69, 9.17) is 5.73 Å². The maximum Gasteiger partial charge on any atom is 0.315 e. The van der Waals surface area contributed by atoms with Crippen molar-refractivity contribution in [3.05, 3.63) is 45.2 Å². The molecule has 0 heterocycles. The number of phenols is 1. The predicted octanol–water partition coefficient (Wildman–Crippen LogP) is 1.73. The fourth-order valence-electron chi connectivity index (χ4n) is 6.80. The van der Waals surface area contributed by atoms with Crippen molar-refractivity contribution in [1.29, 1.82) is 0 Å². The van der Waals surface area contributed by atoms with Crippen LogP contribution in [-0.4, -0.2) is 86.7 Å². The number of likely N-dealkylation sites (N-methyl/N-ethyl adjacent to an activating group) is 1. The predicted molar refractivity (Wildman–Crippen MR) is 158 cm³/mol. The Bertz CT molecular complexity index is 1470. The summed E-state index contributed by atoms with van der Waals surface area (Å²) in [5.74, 6) is -6.85. The first-order valence-electron chi connectivity index (χ1n) is 14.4. The van der Waals surface area contributed by atoms with E-state index in [0.29, 0.717) is 11.1 Å². The Morgan fingerprint density at radius 3 is 2.33 bits per heavy atom. The zero-order chi connectivity index (χ0) is 32.3. The molecule has 3 aliphatic rings. The lowest BCUT2D eigenvalue weighted by molar-refractivity contribution is -0.153. The number of phenolic OH excluding ortho intramolecular Hbond substituents is 1. The number of benzene rings is 1. The van der Waals surface area contributed by atoms with Crippen LogP contribution in [0.3, 0.4) is 0 Å². The van der Waals surface area contributed by atoms with Crippen LogP contribution in [0.5, 0.6) is 5.75 Å². The summed E-state index contributed by atoms with van der Waals surface area (Å²) in [7, 11) is 3.12. The van der Waals surface area contributed by atoms with Crippen LogP contribution in [0.15, 0.2) is 23.0 Å². The topological polar surface area (TPSA) is 203 Å². The number of Topliss-reactive ketones (excluding diaryl/α,β-unsaturated/α-hetero) is 2. The molecular formula is C31H42N4O8. The molecule has 1 fully saturated rings. The molecule has 0 radical (unpaired) electrons. The molecule has 1 aromatic carbocycles. The third-order valence-corrected chi connectivity index (χ3v) is 8.62. The van der Waals surface area contributed by atoms with Gasteiger partial charge in [0.1, 0.15) is 22.8 Å². The number of carbonyl (C=O) groups is 4. The Balaban J connectivity index is 1.83. The number of amides is 3. The molecule has 8 N–H and O–H groups in total. The highest BCUT2D eigenvalue weighted by molar-refractivity contribution is 6.24. The van der Waals surface area contributed by atoms with E-state index in [1.54, 1.807) is 14.1 Å². The van der Waals surface area contributed by atoms with Gasteiger partial charge in [-0.3, -0.25) is 19.3 Å². The summed E-state index contributed by atoms with van der Waals surface area (Å²) in [5.41, 5.74) is 3.18. The number of hydrogen-bond acceptors (Lipinski definition) is 9. The summed E-state index contributed by atoms with van der Waals surface area (Å²) in [5, 5.41) is 51.4. The first kappa shape index (κ1) is 32.0. The molecule has 4 atom stereocenters. The second kappa shape index (κ2) is 11.0. The van der Waals surface area contributed by atoms with Crippen LogP contribution >= 0.6 is 0 Å². The van der Waals surface area contributed by atoms with Gasteiger partial charge in [0.25, 0.3) is 5.91 Å². The minimum Gasteiger partial charge on any atom is -0.508 e. The fraction of sp³-hybridized carbons (Fsp3) is 0.548. The Morgan fingerprint density at radius 1 is 1.16 bits per heavy atom. The molecule has 234 valence electrons. The number of primary amides is 1. The number of nitrogens with zero attached hydrogens (tertiary/aromatic N) is 1. The monoisotopic (exact) mass is 598 g/mol. The van der Waals surface area contributed by atoms with Crippen LogP contribution in [-0.2, 0) is 27.2 Å². The number of rotatable bonds is 6. The van der Waals surface area contributed by atoms with Crippen molar-refractivity contribution < 1.29 is 39.6 Å². The Kier molecular flexibility index (Phi) is 8.18. The molecule has 0 aromatic heterocycles. The highest BCUT2D eigenvalue weighted by Gasteiger charge is 2.64. The zero-order valence-electron chi connectivity index (χ0n) is 25.7. The first-order chi connectivity index (χ1) is 19.8. The highest BCUT2D eigenvalue weighted by Crippen LogP contribution is 2.53. The number of carbonyl (C=O) groups excluding carboxylic acids is 4. The van der Waals surface area contributed by atoms with Crippen LogP contribution in [0.4, 0.5) is 4.79 Å². The van der Waals surface area contributed by atoms with Crippen molar-refractivity contribution >= 4 is 29.3 Å². The number of fused-ring (bicyclic) bond motifs is 3. The van der Waals surface area contributed by atoms with Crippen molar-refractivity contribution in [3.63, 3.8) is 0 Å². The van der Waals surface area contributed by atoms with E-state index >= 15 is 0 Å². The van der Waals surface area contributed by atoms with Gasteiger partial charge in [0.05, 0.1) is 11.6 Å². The smallest absolute Gasteiger partial charge is 0.315 e. The molecule has 0 aliphatic heterocycles. The van der Waals surface area contributed by atoms with E-state index in [1.807, 2.05) is 40.7 Å². The lowest BCUT2D eigenvalue weighted by Gasteiger charge is -2.50. The van der Waals surface area contributed by atoms with Gasteiger partial charge in [-0.05, 0) is 82.7 Å². The molecule has 0 spiro atoms. The zero-order valence-corrected chi connectivity index (χ0v) is 25.7. The summed E-state index contributed by atoms with van der Waals surface area (Å²) in [6.45, 7) is 9.65. The fourth-order valence-corrected chi connectivity index (χ4v) is 6.80. The molecule has 0 bridgehead atoms. The lowest BCUT2D eigenvalue weighted by atomic mass is 9.57.